The summed E-state index contributed by atoms with van der Waals surface area (Å²) in [6.07, 6.45) is -4.17. The highest BCUT2D eigenvalue weighted by Crippen LogP contribution is 2.17. The second kappa shape index (κ2) is 7.03. The Morgan fingerprint density at radius 2 is 1.76 bits per heavy atom. The molecule has 0 unspecified atom stereocenters. The number of amides is 1. The third kappa shape index (κ3) is 6.09. The molecule has 4 nitrogen and oxygen atoms in total. The summed E-state index contributed by atoms with van der Waals surface area (Å²) >= 11 is 0. The molecule has 1 aliphatic rings. The maximum atomic E-state index is 12.1. The lowest BCUT2D eigenvalue weighted by Gasteiger charge is -2.34. The zero-order valence-electron chi connectivity index (χ0n) is 9.50. The summed E-state index contributed by atoms with van der Waals surface area (Å²) in [5, 5.41) is 0. The van der Waals surface area contributed by atoms with Gasteiger partial charge in [0, 0.05) is 33.3 Å². The van der Waals surface area contributed by atoms with Crippen molar-refractivity contribution in [3.05, 3.63) is 0 Å². The van der Waals surface area contributed by atoms with Crippen LogP contribution >= 0.6 is 12.4 Å². The van der Waals surface area contributed by atoms with Gasteiger partial charge in [0.15, 0.2) is 0 Å². The van der Waals surface area contributed by atoms with E-state index in [4.69, 9.17) is 0 Å². The summed E-state index contributed by atoms with van der Waals surface area (Å²) in [4.78, 5) is 14.2. The van der Waals surface area contributed by atoms with Gasteiger partial charge in [0.1, 0.15) is 6.61 Å². The van der Waals surface area contributed by atoms with E-state index in [1.54, 1.807) is 0 Å². The van der Waals surface area contributed by atoms with E-state index < -0.39 is 12.7 Å². The van der Waals surface area contributed by atoms with E-state index in [1.807, 2.05) is 0 Å². The van der Waals surface area contributed by atoms with Crippen LogP contribution in [0.4, 0.5) is 13.2 Å². The largest absolute Gasteiger partial charge is 0.401 e. The lowest BCUT2D eigenvalue weighted by atomic mass is 10.3. The van der Waals surface area contributed by atoms with Crippen LogP contribution < -0.4 is 0 Å². The van der Waals surface area contributed by atoms with Gasteiger partial charge in [-0.3, -0.25) is 9.69 Å². The molecule has 0 aromatic carbocycles. The van der Waals surface area contributed by atoms with Crippen LogP contribution in [-0.2, 0) is 9.53 Å². The summed E-state index contributed by atoms with van der Waals surface area (Å²) in [6.45, 7) is 0.263. The smallest absolute Gasteiger partial charge is 0.375 e. The first-order valence-electron chi connectivity index (χ1n) is 4.98. The molecule has 0 aromatic rings. The Hall–Kier alpha value is -0.530. The number of piperazine rings is 1. The topological polar surface area (TPSA) is 32.8 Å². The Bertz CT molecular complexity index is 243. The molecular formula is C9H16ClF3N2O2. The molecule has 17 heavy (non-hydrogen) atoms. The number of methoxy groups -OCH3 is 1. The van der Waals surface area contributed by atoms with Gasteiger partial charge >= 0.3 is 6.18 Å². The highest BCUT2D eigenvalue weighted by atomic mass is 35.5. The molecule has 1 rings (SSSR count). The molecule has 0 bridgehead atoms. The van der Waals surface area contributed by atoms with Crippen LogP contribution in [0.5, 0.6) is 0 Å². The molecule has 0 N–H and O–H groups in total. The lowest BCUT2D eigenvalue weighted by molar-refractivity contribution is -0.152. The lowest BCUT2D eigenvalue weighted by Crippen LogP contribution is -2.51. The number of halogens is 4. The molecule has 1 heterocycles. The predicted molar refractivity (Wildman–Crippen MR) is 58.2 cm³/mol. The van der Waals surface area contributed by atoms with Crippen LogP contribution in [0, 0.1) is 0 Å². The zero-order chi connectivity index (χ0) is 12.2. The van der Waals surface area contributed by atoms with E-state index in [1.165, 1.54) is 16.9 Å². The quantitative estimate of drug-likeness (QED) is 0.763. The van der Waals surface area contributed by atoms with Gasteiger partial charge in [-0.05, 0) is 0 Å². The first kappa shape index (κ1) is 16.5. The third-order valence-corrected chi connectivity index (χ3v) is 2.40. The van der Waals surface area contributed by atoms with Crippen LogP contribution in [-0.4, -0.2) is 68.3 Å². The number of alkyl halides is 3. The number of hydrogen-bond donors (Lipinski definition) is 0. The van der Waals surface area contributed by atoms with Crippen molar-refractivity contribution in [2.45, 2.75) is 6.18 Å². The van der Waals surface area contributed by atoms with Gasteiger partial charge < -0.3 is 9.64 Å². The monoisotopic (exact) mass is 276 g/mol. The molecule has 1 aliphatic heterocycles. The van der Waals surface area contributed by atoms with E-state index in [9.17, 15) is 18.0 Å². The van der Waals surface area contributed by atoms with Crippen molar-refractivity contribution in [1.82, 2.24) is 9.80 Å². The Morgan fingerprint density at radius 1 is 1.24 bits per heavy atom. The molecule has 0 aromatic heterocycles. The van der Waals surface area contributed by atoms with Crippen molar-refractivity contribution in [1.29, 1.82) is 0 Å². The van der Waals surface area contributed by atoms with E-state index in [2.05, 4.69) is 4.74 Å². The van der Waals surface area contributed by atoms with Crippen molar-refractivity contribution >= 4 is 18.3 Å². The molecule has 0 aliphatic carbocycles. The highest BCUT2D eigenvalue weighted by molar-refractivity contribution is 5.85. The number of carbonyl (C=O) groups excluding carboxylic acids is 1. The number of nitrogens with zero attached hydrogens (tertiary/aromatic N) is 2. The van der Waals surface area contributed by atoms with Crippen molar-refractivity contribution in [2.75, 3.05) is 46.4 Å². The van der Waals surface area contributed by atoms with E-state index in [-0.39, 0.29) is 38.0 Å². The van der Waals surface area contributed by atoms with E-state index >= 15 is 0 Å². The molecule has 0 saturated carbocycles. The predicted octanol–water partition coefficient (Wildman–Crippen LogP) is 0.761. The molecular weight excluding hydrogens is 261 g/mol. The fourth-order valence-corrected chi connectivity index (χ4v) is 1.62. The average molecular weight is 277 g/mol. The Balaban J connectivity index is 0.00000256. The Morgan fingerprint density at radius 3 is 2.18 bits per heavy atom. The maximum absolute atomic E-state index is 12.1. The summed E-state index contributed by atoms with van der Waals surface area (Å²) < 4.78 is 40.9. The van der Waals surface area contributed by atoms with Gasteiger partial charge in [-0.15, -0.1) is 12.4 Å². The van der Waals surface area contributed by atoms with Crippen LogP contribution in [0.15, 0.2) is 0 Å². The summed E-state index contributed by atoms with van der Waals surface area (Å²) in [6, 6.07) is 0. The number of hydrogen-bond acceptors (Lipinski definition) is 3. The first-order valence-corrected chi connectivity index (χ1v) is 4.98. The number of ether oxygens (including phenoxy) is 1. The first-order chi connectivity index (χ1) is 7.42. The van der Waals surface area contributed by atoms with Gasteiger partial charge in [-0.1, -0.05) is 0 Å². The summed E-state index contributed by atoms with van der Waals surface area (Å²) in [5.41, 5.74) is 0. The second-order valence-electron chi connectivity index (χ2n) is 3.71. The normalized spacial score (nSPS) is 17.8. The fraction of sp³-hybridized carbons (Fsp3) is 0.889. The highest BCUT2D eigenvalue weighted by Gasteiger charge is 2.32. The van der Waals surface area contributed by atoms with Gasteiger partial charge in [0.25, 0.3) is 0 Å². The second-order valence-corrected chi connectivity index (χ2v) is 3.71. The average Bonchev–Trinajstić information content (AvgIpc) is 2.16. The SMILES string of the molecule is COCC(=O)N1CCN(CC(F)(F)F)CC1.Cl. The van der Waals surface area contributed by atoms with Crippen molar-refractivity contribution in [3.8, 4) is 0 Å². The van der Waals surface area contributed by atoms with Crippen molar-refractivity contribution in [3.63, 3.8) is 0 Å². The van der Waals surface area contributed by atoms with Crippen LogP contribution in [0.2, 0.25) is 0 Å². The van der Waals surface area contributed by atoms with Gasteiger partial charge in [0.05, 0.1) is 6.54 Å². The molecule has 0 spiro atoms. The fourth-order valence-electron chi connectivity index (χ4n) is 1.62. The Labute approximate surface area is 104 Å². The standard InChI is InChI=1S/C9H15F3N2O2.ClH/c1-16-6-8(15)14-4-2-13(3-5-14)7-9(10,11)12;/h2-7H2,1H3;1H. The van der Waals surface area contributed by atoms with Crippen molar-refractivity contribution in [2.24, 2.45) is 0 Å². The minimum Gasteiger partial charge on any atom is -0.375 e. The van der Waals surface area contributed by atoms with E-state index in [0.717, 1.165) is 0 Å². The number of carbonyl (C=O) groups is 1. The molecule has 0 radical (unpaired) electrons. The molecule has 0 atom stereocenters. The molecule has 1 fully saturated rings. The van der Waals surface area contributed by atoms with Gasteiger partial charge in [0.2, 0.25) is 5.91 Å². The maximum Gasteiger partial charge on any atom is 0.401 e. The Kier molecular flexibility index (Phi) is 6.81. The molecule has 102 valence electrons. The minimum absolute atomic E-state index is 0. The van der Waals surface area contributed by atoms with Gasteiger partial charge in [-0.25, -0.2) is 0 Å². The minimum atomic E-state index is -4.17. The molecule has 8 heteroatoms. The van der Waals surface area contributed by atoms with Crippen LogP contribution in [0.25, 0.3) is 0 Å². The molecule has 1 amide bonds. The number of rotatable bonds is 3. The summed E-state index contributed by atoms with van der Waals surface area (Å²) in [7, 11) is 1.41. The zero-order valence-corrected chi connectivity index (χ0v) is 10.3. The van der Waals surface area contributed by atoms with Crippen LogP contribution in [0.3, 0.4) is 0 Å². The molecule has 1 saturated heterocycles. The third-order valence-electron chi connectivity index (χ3n) is 2.40. The van der Waals surface area contributed by atoms with Gasteiger partial charge in [-0.2, -0.15) is 13.2 Å². The van der Waals surface area contributed by atoms with E-state index in [0.29, 0.717) is 13.1 Å². The van der Waals surface area contributed by atoms with Crippen LogP contribution in [0.1, 0.15) is 0 Å². The summed E-state index contributed by atoms with van der Waals surface area (Å²) in [5.74, 6) is -0.172. The van der Waals surface area contributed by atoms with Crippen molar-refractivity contribution < 1.29 is 22.7 Å².